The highest BCUT2D eigenvalue weighted by Crippen LogP contribution is 2.31. The molecule has 0 atom stereocenters. The average molecular weight is 581 g/mol. The number of ketones is 1. The van der Waals surface area contributed by atoms with Gasteiger partial charge in [-0.3, -0.25) is 19.3 Å². The zero-order valence-corrected chi connectivity index (χ0v) is 24.6. The maximum atomic E-state index is 13.1. The summed E-state index contributed by atoms with van der Waals surface area (Å²) >= 11 is 3.35. The number of piperidine rings is 1. The first kappa shape index (κ1) is 28.4. The van der Waals surface area contributed by atoms with E-state index < -0.39 is 0 Å². The normalized spacial score (nSPS) is 16.7. The lowest BCUT2D eigenvalue weighted by Crippen LogP contribution is -2.49. The molecule has 0 unspecified atom stereocenters. The number of hydrogen-bond acceptors (Lipinski definition) is 8. The van der Waals surface area contributed by atoms with Crippen LogP contribution in [0, 0.1) is 0 Å². The number of thiophene rings is 1. The number of carbonyl (C=O) groups excluding carboxylic acids is 3. The summed E-state index contributed by atoms with van der Waals surface area (Å²) in [6, 6.07) is 11.3. The summed E-state index contributed by atoms with van der Waals surface area (Å²) in [6.07, 6.45) is 3.12. The molecule has 0 N–H and O–H groups in total. The van der Waals surface area contributed by atoms with Crippen LogP contribution >= 0.6 is 22.7 Å². The average Bonchev–Trinajstić information content (AvgIpc) is 3.72. The fourth-order valence-corrected chi connectivity index (χ4v) is 6.97. The Balaban J connectivity index is 1.04. The molecule has 5 rings (SSSR count). The van der Waals surface area contributed by atoms with Crippen LogP contribution in [0.1, 0.15) is 62.3 Å². The third-order valence-electron chi connectivity index (χ3n) is 7.83. The molecule has 4 heterocycles. The third kappa shape index (κ3) is 7.16. The molecular weight excluding hydrogens is 544 g/mol. The molecule has 0 radical (unpaired) electrons. The second-order valence-electron chi connectivity index (χ2n) is 10.3. The molecule has 2 aliphatic rings. The maximum Gasteiger partial charge on any atom is 0.273 e. The largest absolute Gasteiger partial charge is 0.497 e. The molecule has 3 aromatic rings. The maximum absolute atomic E-state index is 13.1. The van der Waals surface area contributed by atoms with E-state index in [2.05, 4.69) is 22.4 Å². The Morgan fingerprint density at radius 3 is 2.35 bits per heavy atom. The smallest absolute Gasteiger partial charge is 0.273 e. The van der Waals surface area contributed by atoms with Gasteiger partial charge in [-0.1, -0.05) is 6.07 Å². The summed E-state index contributed by atoms with van der Waals surface area (Å²) < 4.78 is 5.13. The van der Waals surface area contributed by atoms with Gasteiger partial charge in [-0.2, -0.15) is 0 Å². The number of ether oxygens (including phenoxy) is 1. The van der Waals surface area contributed by atoms with Crippen LogP contribution in [0.2, 0.25) is 0 Å². The van der Waals surface area contributed by atoms with Gasteiger partial charge in [-0.15, -0.1) is 22.7 Å². The Morgan fingerprint density at radius 1 is 0.925 bits per heavy atom. The number of hydrogen-bond donors (Lipinski definition) is 0. The molecule has 0 spiro atoms. The molecular formula is C30H36N4O4S2. The highest BCUT2D eigenvalue weighted by molar-refractivity contribution is 7.10. The number of benzene rings is 1. The van der Waals surface area contributed by atoms with Gasteiger partial charge < -0.3 is 14.5 Å². The summed E-state index contributed by atoms with van der Waals surface area (Å²) in [5, 5.41) is 5.00. The minimum atomic E-state index is -0.0364. The number of nitrogens with zero attached hydrogens (tertiary/aromatic N) is 4. The van der Waals surface area contributed by atoms with E-state index in [1.807, 2.05) is 15.2 Å². The van der Waals surface area contributed by atoms with E-state index in [1.54, 1.807) is 54.0 Å². The van der Waals surface area contributed by atoms with Gasteiger partial charge in [0.25, 0.3) is 5.91 Å². The van der Waals surface area contributed by atoms with E-state index in [1.165, 1.54) is 4.88 Å². The van der Waals surface area contributed by atoms with E-state index in [-0.39, 0.29) is 36.4 Å². The van der Waals surface area contributed by atoms with Crippen LogP contribution in [0.5, 0.6) is 5.75 Å². The Bertz CT molecular complexity index is 1280. The lowest BCUT2D eigenvalue weighted by atomic mass is 9.97. The number of Topliss-reactive ketones (excluding diaryl/α,β-unsaturated/α-hetero) is 1. The molecule has 10 heteroatoms. The molecule has 1 aromatic carbocycles. The van der Waals surface area contributed by atoms with Crippen LogP contribution in [0.3, 0.4) is 0 Å². The monoisotopic (exact) mass is 580 g/mol. The van der Waals surface area contributed by atoms with Crippen molar-refractivity contribution >= 4 is 40.3 Å². The molecule has 212 valence electrons. The number of carbonyl (C=O) groups is 3. The predicted molar refractivity (Wildman–Crippen MR) is 158 cm³/mol. The molecule has 0 aliphatic carbocycles. The molecule has 8 nitrogen and oxygen atoms in total. The van der Waals surface area contributed by atoms with E-state index in [0.717, 1.165) is 57.0 Å². The van der Waals surface area contributed by atoms with E-state index >= 15 is 0 Å². The SMILES string of the molecule is COc1ccc(C(=O)CCC(=O)N2CCC(c3nc(C(=O)N4CCN(CCc5cccs5)CC4)cs3)CC2)cc1. The molecule has 2 aromatic heterocycles. The summed E-state index contributed by atoms with van der Waals surface area (Å²) in [6.45, 7) is 5.59. The van der Waals surface area contributed by atoms with Gasteiger partial charge in [-0.25, -0.2) is 4.98 Å². The van der Waals surface area contributed by atoms with Crippen LogP contribution in [-0.4, -0.2) is 90.2 Å². The zero-order valence-electron chi connectivity index (χ0n) is 22.9. The quantitative estimate of drug-likeness (QED) is 0.327. The van der Waals surface area contributed by atoms with Gasteiger partial charge in [0.2, 0.25) is 5.91 Å². The molecule has 40 heavy (non-hydrogen) atoms. The third-order valence-corrected chi connectivity index (χ3v) is 9.77. The number of aromatic nitrogens is 1. The van der Waals surface area contributed by atoms with E-state index in [9.17, 15) is 14.4 Å². The number of thiazole rings is 1. The van der Waals surface area contributed by atoms with Crippen LogP contribution in [-0.2, 0) is 11.2 Å². The topological polar surface area (TPSA) is 83.0 Å². The van der Waals surface area contributed by atoms with Crippen LogP contribution in [0.15, 0.2) is 47.2 Å². The first-order valence-corrected chi connectivity index (χ1v) is 15.7. The Morgan fingerprint density at radius 2 is 1.68 bits per heavy atom. The molecule has 0 saturated carbocycles. The highest BCUT2D eigenvalue weighted by Gasteiger charge is 2.28. The van der Waals surface area contributed by atoms with E-state index in [0.29, 0.717) is 30.1 Å². The van der Waals surface area contributed by atoms with Crippen molar-refractivity contribution < 1.29 is 19.1 Å². The van der Waals surface area contributed by atoms with Gasteiger partial charge in [0, 0.05) is 80.4 Å². The molecule has 2 amide bonds. The fraction of sp³-hybridized carbons (Fsp3) is 0.467. The standard InChI is InChI=1S/C30H36N4O4S2/c1-38-24-6-4-22(5-7-24)27(35)8-9-28(36)33-14-10-23(11-15-33)29-31-26(21-40-29)30(37)34-18-16-32(17-19-34)13-12-25-3-2-20-39-25/h2-7,20-21,23H,8-19H2,1H3. The Kier molecular flexibility index (Phi) is 9.62. The number of rotatable bonds is 10. The van der Waals surface area contributed by atoms with Crippen molar-refractivity contribution in [1.82, 2.24) is 19.7 Å². The van der Waals surface area contributed by atoms with Crippen molar-refractivity contribution in [3.05, 3.63) is 68.3 Å². The summed E-state index contributed by atoms with van der Waals surface area (Å²) in [7, 11) is 1.59. The van der Waals surface area contributed by atoms with Crippen LogP contribution in [0.4, 0.5) is 0 Å². The van der Waals surface area contributed by atoms with Gasteiger partial charge in [0.05, 0.1) is 12.1 Å². The first-order chi connectivity index (χ1) is 19.5. The minimum Gasteiger partial charge on any atom is -0.497 e. The van der Waals surface area contributed by atoms with Crippen molar-refractivity contribution in [2.75, 3.05) is 52.9 Å². The Hall–Kier alpha value is -3.08. The second kappa shape index (κ2) is 13.5. The van der Waals surface area contributed by atoms with Gasteiger partial charge in [-0.05, 0) is 55.0 Å². The van der Waals surface area contributed by atoms with E-state index in [4.69, 9.17) is 9.72 Å². The van der Waals surface area contributed by atoms with Crippen LogP contribution < -0.4 is 4.74 Å². The zero-order chi connectivity index (χ0) is 27.9. The molecule has 2 aliphatic heterocycles. The number of methoxy groups -OCH3 is 1. The van der Waals surface area contributed by atoms with Gasteiger partial charge in [0.15, 0.2) is 5.78 Å². The predicted octanol–water partition coefficient (Wildman–Crippen LogP) is 4.58. The molecule has 0 bridgehead atoms. The molecule has 2 saturated heterocycles. The van der Waals surface area contributed by atoms with Gasteiger partial charge in [0.1, 0.15) is 11.4 Å². The van der Waals surface area contributed by atoms with Crippen molar-refractivity contribution in [1.29, 1.82) is 0 Å². The van der Waals surface area contributed by atoms with Crippen molar-refractivity contribution in [2.24, 2.45) is 0 Å². The van der Waals surface area contributed by atoms with Crippen molar-refractivity contribution in [3.8, 4) is 5.75 Å². The summed E-state index contributed by atoms with van der Waals surface area (Å²) in [5.74, 6) is 0.960. The Labute approximate surface area is 243 Å². The fourth-order valence-electron chi connectivity index (χ4n) is 5.31. The van der Waals surface area contributed by atoms with Crippen LogP contribution in [0.25, 0.3) is 0 Å². The second-order valence-corrected chi connectivity index (χ2v) is 12.3. The lowest BCUT2D eigenvalue weighted by Gasteiger charge is -2.34. The number of likely N-dealkylation sites (tertiary alicyclic amines) is 1. The van der Waals surface area contributed by atoms with Crippen molar-refractivity contribution in [3.63, 3.8) is 0 Å². The minimum absolute atomic E-state index is 0.0184. The van der Waals surface area contributed by atoms with Crippen molar-refractivity contribution in [2.45, 2.75) is 38.0 Å². The lowest BCUT2D eigenvalue weighted by molar-refractivity contribution is -0.132. The van der Waals surface area contributed by atoms with Gasteiger partial charge >= 0.3 is 0 Å². The highest BCUT2D eigenvalue weighted by atomic mass is 32.1. The summed E-state index contributed by atoms with van der Waals surface area (Å²) in [5.41, 5.74) is 1.14. The molecule has 2 fully saturated rings. The first-order valence-electron chi connectivity index (χ1n) is 13.9. The summed E-state index contributed by atoms with van der Waals surface area (Å²) in [4.78, 5) is 50.7. The number of amides is 2. The number of piperazine rings is 1.